The summed E-state index contributed by atoms with van der Waals surface area (Å²) < 4.78 is 0. The van der Waals surface area contributed by atoms with Gasteiger partial charge in [-0.25, -0.2) is 0 Å². The molecule has 3 nitrogen and oxygen atoms in total. The van der Waals surface area contributed by atoms with E-state index in [9.17, 15) is 5.11 Å². The molecule has 2 atom stereocenters. The zero-order valence-electron chi connectivity index (χ0n) is 7.46. The summed E-state index contributed by atoms with van der Waals surface area (Å²) in [5.41, 5.74) is 1.47. The Bertz CT molecular complexity index is 348. The zero-order valence-corrected chi connectivity index (χ0v) is 8.35. The van der Waals surface area contributed by atoms with Crippen LogP contribution in [0.4, 0.5) is 0 Å². The van der Waals surface area contributed by atoms with Gasteiger partial charge in [-0.3, -0.25) is 0 Å². The molecule has 1 rings (SSSR count). The molecule has 0 saturated carbocycles. The molecular formula is C10H11NO2S. The van der Waals surface area contributed by atoms with E-state index in [2.05, 4.69) is 12.6 Å². The summed E-state index contributed by atoms with van der Waals surface area (Å²) in [4.78, 5) is 0. The fourth-order valence-corrected chi connectivity index (χ4v) is 1.33. The van der Waals surface area contributed by atoms with E-state index in [0.717, 1.165) is 5.56 Å². The molecule has 0 bridgehead atoms. The lowest BCUT2D eigenvalue weighted by atomic mass is 10.0. The second kappa shape index (κ2) is 5.01. The molecule has 1 aromatic rings. The lowest BCUT2D eigenvalue weighted by Gasteiger charge is -2.12. The summed E-state index contributed by atoms with van der Waals surface area (Å²) in [6, 6.07) is 8.59. The van der Waals surface area contributed by atoms with Crippen molar-refractivity contribution in [1.29, 1.82) is 5.26 Å². The predicted molar refractivity (Wildman–Crippen MR) is 55.7 cm³/mol. The summed E-state index contributed by atoms with van der Waals surface area (Å²) in [5, 5.41) is 27.0. The zero-order chi connectivity index (χ0) is 10.6. The first-order chi connectivity index (χ1) is 6.69. The first-order valence-corrected chi connectivity index (χ1v) is 4.77. The van der Waals surface area contributed by atoms with E-state index in [1.54, 1.807) is 24.3 Å². The molecular weight excluding hydrogens is 198 g/mol. The van der Waals surface area contributed by atoms with Crippen LogP contribution < -0.4 is 0 Å². The number of nitrogens with zero attached hydrogens (tertiary/aromatic N) is 1. The molecule has 0 aromatic heterocycles. The van der Waals surface area contributed by atoms with Crippen LogP contribution in [0, 0.1) is 11.3 Å². The number of hydrogen-bond donors (Lipinski definition) is 3. The molecule has 14 heavy (non-hydrogen) atoms. The minimum Gasteiger partial charge on any atom is -0.385 e. The molecule has 0 aliphatic heterocycles. The normalized spacial score (nSPS) is 14.4. The molecule has 4 heteroatoms. The molecule has 0 saturated heterocycles. The Hall–Kier alpha value is -1.02. The summed E-state index contributed by atoms with van der Waals surface area (Å²) in [5.74, 6) is 0.559. The van der Waals surface area contributed by atoms with Crippen LogP contribution in [0.15, 0.2) is 24.3 Å². The van der Waals surface area contributed by atoms with Crippen LogP contribution in [0.5, 0.6) is 0 Å². The van der Waals surface area contributed by atoms with E-state index in [-0.39, 0.29) is 0 Å². The molecule has 1 aromatic carbocycles. The monoisotopic (exact) mass is 209 g/mol. The fourth-order valence-electron chi connectivity index (χ4n) is 1.13. The molecule has 0 radical (unpaired) electrons. The van der Waals surface area contributed by atoms with Crippen molar-refractivity contribution in [2.75, 3.05) is 0 Å². The van der Waals surface area contributed by atoms with Gasteiger partial charge in [0.05, 0.1) is 6.07 Å². The van der Waals surface area contributed by atoms with Gasteiger partial charge in [0.15, 0.2) is 6.10 Å². The van der Waals surface area contributed by atoms with Crippen molar-refractivity contribution in [2.45, 2.75) is 18.0 Å². The molecule has 0 fully saturated rings. The predicted octanol–water partition coefficient (Wildman–Crippen LogP) is 1.03. The van der Waals surface area contributed by atoms with Crippen LogP contribution in [-0.2, 0) is 5.75 Å². The summed E-state index contributed by atoms with van der Waals surface area (Å²) in [6.45, 7) is 0. The molecule has 2 N–H and O–H groups in total. The Labute approximate surface area is 88.0 Å². The molecule has 0 aliphatic rings. The summed E-state index contributed by atoms with van der Waals surface area (Å²) >= 11 is 4.09. The quantitative estimate of drug-likeness (QED) is 0.514. The van der Waals surface area contributed by atoms with Gasteiger partial charge in [-0.1, -0.05) is 24.3 Å². The second-order valence-electron chi connectivity index (χ2n) is 2.92. The summed E-state index contributed by atoms with van der Waals surface area (Å²) in [6.07, 6.45) is -2.54. The van der Waals surface area contributed by atoms with Crippen molar-refractivity contribution in [2.24, 2.45) is 0 Å². The van der Waals surface area contributed by atoms with Crippen LogP contribution in [0.1, 0.15) is 17.2 Å². The minimum absolute atomic E-state index is 0.533. The molecule has 0 amide bonds. The SMILES string of the molecule is N#CC(O)C(O)c1cccc(CS)c1. The Kier molecular flexibility index (Phi) is 3.96. The maximum Gasteiger partial charge on any atom is 0.170 e. The summed E-state index contributed by atoms with van der Waals surface area (Å²) in [7, 11) is 0. The van der Waals surface area contributed by atoms with Crippen molar-refractivity contribution in [3.63, 3.8) is 0 Å². The largest absolute Gasteiger partial charge is 0.385 e. The third kappa shape index (κ3) is 2.48. The van der Waals surface area contributed by atoms with E-state index in [4.69, 9.17) is 10.4 Å². The van der Waals surface area contributed by atoms with Gasteiger partial charge >= 0.3 is 0 Å². The van der Waals surface area contributed by atoms with Crippen molar-refractivity contribution < 1.29 is 10.2 Å². The van der Waals surface area contributed by atoms with Gasteiger partial charge in [0.2, 0.25) is 0 Å². The lowest BCUT2D eigenvalue weighted by molar-refractivity contribution is 0.0527. The number of thiol groups is 1. The highest BCUT2D eigenvalue weighted by molar-refractivity contribution is 7.79. The van der Waals surface area contributed by atoms with Gasteiger partial charge in [0.1, 0.15) is 6.10 Å². The highest BCUT2D eigenvalue weighted by atomic mass is 32.1. The maximum atomic E-state index is 9.51. The van der Waals surface area contributed by atoms with Gasteiger partial charge in [-0.15, -0.1) is 0 Å². The number of hydrogen-bond acceptors (Lipinski definition) is 4. The van der Waals surface area contributed by atoms with Gasteiger partial charge in [-0.2, -0.15) is 17.9 Å². The molecule has 74 valence electrons. The fraction of sp³-hybridized carbons (Fsp3) is 0.300. The van der Waals surface area contributed by atoms with E-state index in [0.29, 0.717) is 11.3 Å². The van der Waals surface area contributed by atoms with Gasteiger partial charge in [-0.05, 0) is 11.1 Å². The van der Waals surface area contributed by atoms with E-state index in [1.165, 1.54) is 0 Å². The number of aliphatic hydroxyl groups is 2. The van der Waals surface area contributed by atoms with Crippen LogP contribution >= 0.6 is 12.6 Å². The average molecular weight is 209 g/mol. The second-order valence-corrected chi connectivity index (χ2v) is 3.24. The van der Waals surface area contributed by atoms with Crippen LogP contribution in [-0.4, -0.2) is 16.3 Å². The number of nitriles is 1. The van der Waals surface area contributed by atoms with Crippen molar-refractivity contribution in [1.82, 2.24) is 0 Å². The first-order valence-electron chi connectivity index (χ1n) is 4.14. The van der Waals surface area contributed by atoms with Gasteiger partial charge in [0.25, 0.3) is 0 Å². The first kappa shape index (κ1) is 11.1. The van der Waals surface area contributed by atoms with E-state index in [1.807, 2.05) is 6.07 Å². The number of aliphatic hydroxyl groups excluding tert-OH is 2. The molecule has 2 unspecified atom stereocenters. The molecule has 0 spiro atoms. The Morgan fingerprint density at radius 3 is 2.71 bits per heavy atom. The van der Waals surface area contributed by atoms with Gasteiger partial charge < -0.3 is 10.2 Å². The minimum atomic E-state index is -1.38. The van der Waals surface area contributed by atoms with Crippen molar-refractivity contribution in [3.8, 4) is 6.07 Å². The standard InChI is InChI=1S/C10H11NO2S/c11-5-9(12)10(13)8-3-1-2-7(4-8)6-14/h1-4,9-10,12-14H,6H2. The van der Waals surface area contributed by atoms with E-state index >= 15 is 0 Å². The Morgan fingerprint density at radius 1 is 1.43 bits per heavy atom. The topological polar surface area (TPSA) is 64.2 Å². The Morgan fingerprint density at radius 2 is 2.14 bits per heavy atom. The van der Waals surface area contributed by atoms with Gasteiger partial charge in [0, 0.05) is 5.75 Å². The maximum absolute atomic E-state index is 9.51. The van der Waals surface area contributed by atoms with Crippen molar-refractivity contribution in [3.05, 3.63) is 35.4 Å². The highest BCUT2D eigenvalue weighted by Gasteiger charge is 2.17. The third-order valence-corrected chi connectivity index (χ3v) is 2.27. The van der Waals surface area contributed by atoms with Crippen LogP contribution in [0.25, 0.3) is 0 Å². The molecule has 0 heterocycles. The Balaban J connectivity index is 2.90. The number of rotatable bonds is 3. The van der Waals surface area contributed by atoms with Crippen molar-refractivity contribution >= 4 is 12.6 Å². The lowest BCUT2D eigenvalue weighted by Crippen LogP contribution is -2.15. The van der Waals surface area contributed by atoms with E-state index < -0.39 is 12.2 Å². The smallest absolute Gasteiger partial charge is 0.170 e. The van der Waals surface area contributed by atoms with Crippen LogP contribution in [0.3, 0.4) is 0 Å². The third-order valence-electron chi connectivity index (χ3n) is 1.91. The van der Waals surface area contributed by atoms with Crippen LogP contribution in [0.2, 0.25) is 0 Å². The number of benzene rings is 1. The molecule has 0 aliphatic carbocycles. The highest BCUT2D eigenvalue weighted by Crippen LogP contribution is 2.18. The average Bonchev–Trinajstić information content (AvgIpc) is 2.27.